The van der Waals surface area contributed by atoms with E-state index in [1.54, 1.807) is 49.9 Å². The van der Waals surface area contributed by atoms with Gasteiger partial charge in [-0.1, -0.05) is 6.07 Å². The average Bonchev–Trinajstić information content (AvgIpc) is 2.93. The van der Waals surface area contributed by atoms with Crippen molar-refractivity contribution in [3.8, 4) is 5.75 Å². The lowest BCUT2D eigenvalue weighted by molar-refractivity contribution is -0.116. The fourth-order valence-corrected chi connectivity index (χ4v) is 2.96. The third-order valence-corrected chi connectivity index (χ3v) is 4.40. The standard InChI is InChI=1S/C15H15BrN2O3S/c1-18(15(20)10-6-13(16)22-9-10)8-14(19)17-11-4-3-5-12(7-11)21-2/h3-7,9H,8H2,1-2H3,(H,17,19). The average molecular weight is 383 g/mol. The summed E-state index contributed by atoms with van der Waals surface area (Å²) in [7, 11) is 3.16. The van der Waals surface area contributed by atoms with Crippen LogP contribution in [0.5, 0.6) is 5.75 Å². The lowest BCUT2D eigenvalue weighted by atomic mass is 10.3. The van der Waals surface area contributed by atoms with Crippen LogP contribution in [0.4, 0.5) is 5.69 Å². The summed E-state index contributed by atoms with van der Waals surface area (Å²) >= 11 is 4.75. The summed E-state index contributed by atoms with van der Waals surface area (Å²) in [5.41, 5.74) is 1.19. The number of likely N-dealkylation sites (N-methyl/N-ethyl adjacent to an activating group) is 1. The summed E-state index contributed by atoms with van der Waals surface area (Å²) in [6, 6.07) is 8.79. The zero-order valence-corrected chi connectivity index (χ0v) is 14.5. The summed E-state index contributed by atoms with van der Waals surface area (Å²) in [6.45, 7) is -0.0243. The molecular formula is C15H15BrN2O3S. The summed E-state index contributed by atoms with van der Waals surface area (Å²) in [4.78, 5) is 25.5. The fourth-order valence-electron chi connectivity index (χ4n) is 1.83. The molecule has 0 spiro atoms. The molecule has 2 amide bonds. The van der Waals surface area contributed by atoms with Crippen molar-refractivity contribution in [2.45, 2.75) is 0 Å². The van der Waals surface area contributed by atoms with Gasteiger partial charge in [-0.2, -0.15) is 0 Å². The highest BCUT2D eigenvalue weighted by Crippen LogP contribution is 2.21. The van der Waals surface area contributed by atoms with Crippen molar-refractivity contribution < 1.29 is 14.3 Å². The van der Waals surface area contributed by atoms with Gasteiger partial charge in [0.2, 0.25) is 5.91 Å². The van der Waals surface area contributed by atoms with Crippen molar-refractivity contribution in [1.82, 2.24) is 4.90 Å². The topological polar surface area (TPSA) is 58.6 Å². The number of nitrogens with zero attached hydrogens (tertiary/aromatic N) is 1. The number of amides is 2. The predicted octanol–water partition coefficient (Wildman–Crippen LogP) is 3.23. The summed E-state index contributed by atoms with van der Waals surface area (Å²) in [5.74, 6) is 0.200. The predicted molar refractivity (Wildman–Crippen MR) is 90.6 cm³/mol. The molecule has 0 unspecified atom stereocenters. The first-order valence-electron chi connectivity index (χ1n) is 6.43. The van der Waals surface area contributed by atoms with Crippen molar-refractivity contribution in [1.29, 1.82) is 0 Å². The maximum Gasteiger partial charge on any atom is 0.254 e. The van der Waals surface area contributed by atoms with Crippen LogP contribution in [0.3, 0.4) is 0 Å². The van der Waals surface area contributed by atoms with Crippen LogP contribution >= 0.6 is 27.3 Å². The van der Waals surface area contributed by atoms with E-state index in [0.29, 0.717) is 17.0 Å². The monoisotopic (exact) mass is 382 g/mol. The van der Waals surface area contributed by atoms with Crippen molar-refractivity contribution >= 4 is 44.8 Å². The molecule has 2 rings (SSSR count). The SMILES string of the molecule is COc1cccc(NC(=O)CN(C)C(=O)c2csc(Br)c2)c1. The third-order valence-electron chi connectivity index (χ3n) is 2.90. The quantitative estimate of drug-likeness (QED) is 0.863. The Morgan fingerprint density at radius 1 is 1.36 bits per heavy atom. The number of benzene rings is 1. The largest absolute Gasteiger partial charge is 0.497 e. The summed E-state index contributed by atoms with van der Waals surface area (Å²) < 4.78 is 5.98. The number of carbonyl (C=O) groups is 2. The Labute approximate surface area is 141 Å². The molecule has 7 heteroatoms. The van der Waals surface area contributed by atoms with E-state index in [1.807, 2.05) is 0 Å². The van der Waals surface area contributed by atoms with E-state index in [2.05, 4.69) is 21.2 Å². The van der Waals surface area contributed by atoms with Crippen LogP contribution in [0.1, 0.15) is 10.4 Å². The van der Waals surface area contributed by atoms with Crippen molar-refractivity contribution in [3.63, 3.8) is 0 Å². The van der Waals surface area contributed by atoms with Crippen LogP contribution in [0.2, 0.25) is 0 Å². The molecule has 22 heavy (non-hydrogen) atoms. The van der Waals surface area contributed by atoms with Gasteiger partial charge in [-0.05, 0) is 34.1 Å². The third kappa shape index (κ3) is 4.32. The number of methoxy groups -OCH3 is 1. The first-order valence-corrected chi connectivity index (χ1v) is 8.10. The van der Waals surface area contributed by atoms with Crippen LogP contribution in [0.25, 0.3) is 0 Å². The minimum atomic E-state index is -0.265. The Morgan fingerprint density at radius 2 is 2.14 bits per heavy atom. The van der Waals surface area contributed by atoms with E-state index in [0.717, 1.165) is 3.79 Å². The molecule has 0 radical (unpaired) electrons. The van der Waals surface area contributed by atoms with E-state index >= 15 is 0 Å². The highest BCUT2D eigenvalue weighted by atomic mass is 79.9. The number of thiophene rings is 1. The molecule has 2 aromatic rings. The second-order valence-electron chi connectivity index (χ2n) is 4.58. The molecule has 1 N–H and O–H groups in total. The van der Waals surface area contributed by atoms with E-state index in [9.17, 15) is 9.59 Å². The Morgan fingerprint density at radius 3 is 2.77 bits per heavy atom. The minimum absolute atomic E-state index is 0.0243. The Kier molecular flexibility index (Phi) is 5.57. The second-order valence-corrected chi connectivity index (χ2v) is 6.87. The molecule has 1 aromatic carbocycles. The molecule has 0 atom stereocenters. The van der Waals surface area contributed by atoms with Crippen LogP contribution in [0, 0.1) is 0 Å². The van der Waals surface area contributed by atoms with Gasteiger partial charge in [0.1, 0.15) is 5.75 Å². The smallest absolute Gasteiger partial charge is 0.254 e. The van der Waals surface area contributed by atoms with Gasteiger partial charge in [0.15, 0.2) is 0 Å². The molecule has 0 aliphatic heterocycles. The van der Waals surface area contributed by atoms with Crippen molar-refractivity contribution in [2.75, 3.05) is 26.0 Å². The van der Waals surface area contributed by atoms with Crippen LogP contribution in [-0.4, -0.2) is 37.4 Å². The lowest BCUT2D eigenvalue weighted by Gasteiger charge is -2.16. The molecule has 0 saturated heterocycles. The maximum atomic E-state index is 12.2. The van der Waals surface area contributed by atoms with Gasteiger partial charge in [-0.3, -0.25) is 9.59 Å². The fraction of sp³-hybridized carbons (Fsp3) is 0.200. The molecular weight excluding hydrogens is 368 g/mol. The molecule has 0 fully saturated rings. The number of rotatable bonds is 5. The number of hydrogen-bond donors (Lipinski definition) is 1. The molecule has 0 aliphatic carbocycles. The molecule has 5 nitrogen and oxygen atoms in total. The van der Waals surface area contributed by atoms with Gasteiger partial charge < -0.3 is 15.0 Å². The molecule has 0 bridgehead atoms. The first kappa shape index (κ1) is 16.5. The first-order chi connectivity index (χ1) is 10.5. The van der Waals surface area contributed by atoms with Gasteiger partial charge in [0.25, 0.3) is 5.91 Å². The second kappa shape index (κ2) is 7.42. The summed E-state index contributed by atoms with van der Waals surface area (Å²) in [6.07, 6.45) is 0. The lowest BCUT2D eigenvalue weighted by Crippen LogP contribution is -2.34. The highest BCUT2D eigenvalue weighted by molar-refractivity contribution is 9.11. The van der Waals surface area contributed by atoms with E-state index in [4.69, 9.17) is 4.74 Å². The van der Waals surface area contributed by atoms with Crippen LogP contribution < -0.4 is 10.1 Å². The van der Waals surface area contributed by atoms with Crippen LogP contribution in [-0.2, 0) is 4.79 Å². The van der Waals surface area contributed by atoms with Crippen LogP contribution in [0.15, 0.2) is 39.5 Å². The zero-order chi connectivity index (χ0) is 16.1. The molecule has 1 heterocycles. The molecule has 1 aromatic heterocycles. The van der Waals surface area contributed by atoms with Crippen molar-refractivity contribution in [3.05, 3.63) is 45.1 Å². The van der Waals surface area contributed by atoms with Gasteiger partial charge in [-0.15, -0.1) is 11.3 Å². The zero-order valence-electron chi connectivity index (χ0n) is 12.1. The van der Waals surface area contributed by atoms with Gasteiger partial charge in [0.05, 0.1) is 23.0 Å². The van der Waals surface area contributed by atoms with Gasteiger partial charge >= 0.3 is 0 Å². The summed E-state index contributed by atoms with van der Waals surface area (Å²) in [5, 5.41) is 4.49. The minimum Gasteiger partial charge on any atom is -0.497 e. The van der Waals surface area contributed by atoms with E-state index in [-0.39, 0.29) is 18.4 Å². The van der Waals surface area contributed by atoms with E-state index < -0.39 is 0 Å². The Balaban J connectivity index is 1.94. The molecule has 0 saturated carbocycles. The normalized spacial score (nSPS) is 10.1. The van der Waals surface area contributed by atoms with E-state index in [1.165, 1.54) is 16.2 Å². The molecule has 0 aliphatic rings. The maximum absolute atomic E-state index is 12.2. The number of nitrogens with one attached hydrogen (secondary N) is 1. The van der Waals surface area contributed by atoms with Gasteiger partial charge in [0, 0.05) is 24.2 Å². The Bertz CT molecular complexity index is 687. The number of anilines is 1. The van der Waals surface area contributed by atoms with Gasteiger partial charge in [-0.25, -0.2) is 0 Å². The molecule has 116 valence electrons. The van der Waals surface area contributed by atoms with Crippen molar-refractivity contribution in [2.24, 2.45) is 0 Å². The Hall–Kier alpha value is -1.86. The number of carbonyl (C=O) groups excluding carboxylic acids is 2. The number of ether oxygens (including phenoxy) is 1. The number of halogens is 1. The highest BCUT2D eigenvalue weighted by Gasteiger charge is 2.16. The number of hydrogen-bond acceptors (Lipinski definition) is 4.